The SMILES string of the molecule is O=C(C(=O)N1CCCC2CCCCC21)N1CCCNCC1. The largest absolute Gasteiger partial charge is 0.333 e. The number of nitrogens with zero attached hydrogens (tertiary/aromatic N) is 2. The van der Waals surface area contributed by atoms with Gasteiger partial charge in [-0.25, -0.2) is 0 Å². The first-order valence-corrected chi connectivity index (χ1v) is 8.58. The number of piperidine rings is 1. The van der Waals surface area contributed by atoms with Gasteiger partial charge in [0.1, 0.15) is 0 Å². The number of hydrogen-bond acceptors (Lipinski definition) is 3. The minimum absolute atomic E-state index is 0.242. The van der Waals surface area contributed by atoms with Crippen molar-refractivity contribution in [1.29, 1.82) is 0 Å². The third-order valence-electron chi connectivity index (χ3n) is 5.31. The van der Waals surface area contributed by atoms with Gasteiger partial charge in [0.25, 0.3) is 0 Å². The molecule has 1 aliphatic carbocycles. The average Bonchev–Trinajstić information content (AvgIpc) is 2.82. The number of fused-ring (bicyclic) bond motifs is 1. The first kappa shape index (κ1) is 14.8. The Labute approximate surface area is 127 Å². The molecule has 0 radical (unpaired) electrons. The zero-order chi connectivity index (χ0) is 14.7. The van der Waals surface area contributed by atoms with Crippen LogP contribution < -0.4 is 5.32 Å². The van der Waals surface area contributed by atoms with Crippen molar-refractivity contribution in [2.45, 2.75) is 51.0 Å². The highest BCUT2D eigenvalue weighted by atomic mass is 16.2. The summed E-state index contributed by atoms with van der Waals surface area (Å²) in [5, 5.41) is 3.28. The van der Waals surface area contributed by atoms with Crippen molar-refractivity contribution in [3.63, 3.8) is 0 Å². The van der Waals surface area contributed by atoms with Gasteiger partial charge in [0, 0.05) is 32.2 Å². The molecular formula is C16H27N3O2. The molecule has 5 nitrogen and oxygen atoms in total. The van der Waals surface area contributed by atoms with Crippen molar-refractivity contribution in [2.24, 2.45) is 5.92 Å². The highest BCUT2D eigenvalue weighted by molar-refractivity contribution is 6.35. The zero-order valence-corrected chi connectivity index (χ0v) is 12.9. The second kappa shape index (κ2) is 6.77. The van der Waals surface area contributed by atoms with E-state index in [0.717, 1.165) is 38.9 Å². The summed E-state index contributed by atoms with van der Waals surface area (Å²) in [6.45, 7) is 3.88. The van der Waals surface area contributed by atoms with Gasteiger partial charge in [-0.15, -0.1) is 0 Å². The summed E-state index contributed by atoms with van der Waals surface area (Å²) >= 11 is 0. The van der Waals surface area contributed by atoms with Crippen molar-refractivity contribution in [3.05, 3.63) is 0 Å². The Bertz CT molecular complexity index is 389. The fraction of sp³-hybridized carbons (Fsp3) is 0.875. The smallest absolute Gasteiger partial charge is 0.312 e. The van der Waals surface area contributed by atoms with Crippen LogP contribution in [-0.2, 0) is 9.59 Å². The molecule has 2 heterocycles. The van der Waals surface area contributed by atoms with E-state index in [2.05, 4.69) is 5.32 Å². The Kier molecular flexibility index (Phi) is 4.78. The number of amides is 2. The Morgan fingerprint density at radius 1 is 0.810 bits per heavy atom. The molecule has 2 atom stereocenters. The highest BCUT2D eigenvalue weighted by Gasteiger charge is 2.38. The molecule has 3 fully saturated rings. The molecule has 118 valence electrons. The van der Waals surface area contributed by atoms with Gasteiger partial charge in [0.05, 0.1) is 0 Å². The van der Waals surface area contributed by atoms with E-state index < -0.39 is 0 Å². The summed E-state index contributed by atoms with van der Waals surface area (Å²) in [6, 6.07) is 0.328. The predicted octanol–water partition coefficient (Wildman–Crippen LogP) is 0.989. The van der Waals surface area contributed by atoms with Gasteiger partial charge in [-0.05, 0) is 44.6 Å². The Morgan fingerprint density at radius 3 is 2.52 bits per heavy atom. The minimum atomic E-state index is -0.273. The van der Waals surface area contributed by atoms with Crippen LogP contribution in [0.4, 0.5) is 0 Å². The second-order valence-electron chi connectivity index (χ2n) is 6.65. The summed E-state index contributed by atoms with van der Waals surface area (Å²) in [5.74, 6) is 0.119. The lowest BCUT2D eigenvalue weighted by Gasteiger charge is -2.44. The van der Waals surface area contributed by atoms with Crippen LogP contribution in [0.15, 0.2) is 0 Å². The monoisotopic (exact) mass is 293 g/mol. The summed E-state index contributed by atoms with van der Waals surface area (Å²) in [6.07, 6.45) is 8.03. The van der Waals surface area contributed by atoms with E-state index in [1.807, 2.05) is 4.90 Å². The maximum atomic E-state index is 12.7. The Balaban J connectivity index is 1.66. The van der Waals surface area contributed by atoms with E-state index in [1.165, 1.54) is 25.7 Å². The molecule has 2 unspecified atom stereocenters. The maximum absolute atomic E-state index is 12.7. The average molecular weight is 293 g/mol. The number of hydrogen-bond donors (Lipinski definition) is 1. The molecule has 2 amide bonds. The van der Waals surface area contributed by atoms with Crippen LogP contribution >= 0.6 is 0 Å². The topological polar surface area (TPSA) is 52.7 Å². The van der Waals surface area contributed by atoms with Crippen molar-refractivity contribution in [3.8, 4) is 0 Å². The molecule has 3 aliphatic rings. The van der Waals surface area contributed by atoms with E-state index in [9.17, 15) is 9.59 Å². The van der Waals surface area contributed by atoms with E-state index >= 15 is 0 Å². The maximum Gasteiger partial charge on any atom is 0.312 e. The standard InChI is InChI=1S/C16H27N3O2/c20-15(18-10-4-8-17-9-12-18)16(21)19-11-3-6-13-5-1-2-7-14(13)19/h13-14,17H,1-12H2. The molecule has 1 N–H and O–H groups in total. The van der Waals surface area contributed by atoms with Gasteiger partial charge in [-0.1, -0.05) is 12.8 Å². The van der Waals surface area contributed by atoms with E-state index in [0.29, 0.717) is 25.0 Å². The Morgan fingerprint density at radius 2 is 1.62 bits per heavy atom. The fourth-order valence-corrected chi connectivity index (χ4v) is 4.18. The summed E-state index contributed by atoms with van der Waals surface area (Å²) in [4.78, 5) is 28.9. The number of carbonyl (C=O) groups excluding carboxylic acids is 2. The number of nitrogens with one attached hydrogen (secondary N) is 1. The van der Waals surface area contributed by atoms with Crippen molar-refractivity contribution in [2.75, 3.05) is 32.7 Å². The number of carbonyl (C=O) groups is 2. The van der Waals surface area contributed by atoms with Crippen LogP contribution in [0.25, 0.3) is 0 Å². The lowest BCUT2D eigenvalue weighted by Crippen LogP contribution is -2.54. The first-order valence-electron chi connectivity index (χ1n) is 8.58. The van der Waals surface area contributed by atoms with Crippen LogP contribution in [-0.4, -0.2) is 60.4 Å². The lowest BCUT2D eigenvalue weighted by molar-refractivity contribution is -0.155. The predicted molar refractivity (Wildman–Crippen MR) is 80.8 cm³/mol. The van der Waals surface area contributed by atoms with Crippen LogP contribution in [0.3, 0.4) is 0 Å². The second-order valence-corrected chi connectivity index (χ2v) is 6.65. The van der Waals surface area contributed by atoms with Gasteiger partial charge in [-0.3, -0.25) is 9.59 Å². The molecule has 0 bridgehead atoms. The lowest BCUT2D eigenvalue weighted by atomic mass is 9.78. The summed E-state index contributed by atoms with van der Waals surface area (Å²) in [7, 11) is 0. The molecule has 5 heteroatoms. The first-order chi connectivity index (χ1) is 10.3. The zero-order valence-electron chi connectivity index (χ0n) is 12.9. The molecule has 0 aromatic heterocycles. The van der Waals surface area contributed by atoms with Crippen molar-refractivity contribution in [1.82, 2.24) is 15.1 Å². The molecule has 1 saturated carbocycles. The summed E-state index contributed by atoms with van der Waals surface area (Å²) < 4.78 is 0. The van der Waals surface area contributed by atoms with Gasteiger partial charge in [0.15, 0.2) is 0 Å². The molecule has 0 aromatic rings. The van der Waals surface area contributed by atoms with Gasteiger partial charge < -0.3 is 15.1 Å². The van der Waals surface area contributed by atoms with Crippen LogP contribution in [0.1, 0.15) is 44.9 Å². The highest BCUT2D eigenvalue weighted by Crippen LogP contribution is 2.35. The number of likely N-dealkylation sites (tertiary alicyclic amines) is 1. The van der Waals surface area contributed by atoms with Crippen LogP contribution in [0, 0.1) is 5.92 Å². The quantitative estimate of drug-likeness (QED) is 0.678. The third kappa shape index (κ3) is 3.23. The van der Waals surface area contributed by atoms with E-state index in [-0.39, 0.29) is 11.8 Å². The van der Waals surface area contributed by atoms with Crippen molar-refractivity contribution >= 4 is 11.8 Å². The van der Waals surface area contributed by atoms with Crippen LogP contribution in [0.5, 0.6) is 0 Å². The van der Waals surface area contributed by atoms with Gasteiger partial charge >= 0.3 is 11.8 Å². The number of rotatable bonds is 0. The molecule has 0 aromatic carbocycles. The third-order valence-corrected chi connectivity index (χ3v) is 5.31. The van der Waals surface area contributed by atoms with E-state index in [1.54, 1.807) is 4.90 Å². The summed E-state index contributed by atoms with van der Waals surface area (Å²) in [5.41, 5.74) is 0. The molecular weight excluding hydrogens is 266 g/mol. The van der Waals surface area contributed by atoms with E-state index in [4.69, 9.17) is 0 Å². The van der Waals surface area contributed by atoms with Gasteiger partial charge in [0.2, 0.25) is 0 Å². The molecule has 3 rings (SSSR count). The Hall–Kier alpha value is -1.10. The molecule has 2 aliphatic heterocycles. The van der Waals surface area contributed by atoms with Crippen molar-refractivity contribution < 1.29 is 9.59 Å². The molecule has 2 saturated heterocycles. The molecule has 0 spiro atoms. The fourth-order valence-electron chi connectivity index (χ4n) is 4.18. The van der Waals surface area contributed by atoms with Gasteiger partial charge in [-0.2, -0.15) is 0 Å². The molecule has 21 heavy (non-hydrogen) atoms. The minimum Gasteiger partial charge on any atom is -0.333 e. The normalized spacial score (nSPS) is 30.5. The van der Waals surface area contributed by atoms with Crippen LogP contribution in [0.2, 0.25) is 0 Å².